The predicted octanol–water partition coefficient (Wildman–Crippen LogP) is 3.95. The van der Waals surface area contributed by atoms with Gasteiger partial charge in [-0.2, -0.15) is 0 Å². The molecule has 0 bridgehead atoms. The van der Waals surface area contributed by atoms with Crippen molar-refractivity contribution in [2.24, 2.45) is 5.92 Å². The minimum atomic E-state index is -0.549. The summed E-state index contributed by atoms with van der Waals surface area (Å²) in [5, 5.41) is 2.74. The topological polar surface area (TPSA) is 96.0 Å². The van der Waals surface area contributed by atoms with E-state index in [1.807, 2.05) is 30.3 Å². The molecule has 1 aromatic carbocycles. The van der Waals surface area contributed by atoms with Gasteiger partial charge in [0.2, 0.25) is 5.75 Å². The molecular weight excluding hydrogens is 444 g/mol. The molecule has 0 amide bonds. The maximum Gasteiger partial charge on any atom is 0.325 e. The van der Waals surface area contributed by atoms with Gasteiger partial charge in [-0.05, 0) is 25.0 Å². The Hall–Kier alpha value is -3.20. The van der Waals surface area contributed by atoms with Gasteiger partial charge in [0.15, 0.2) is 5.75 Å². The van der Waals surface area contributed by atoms with Gasteiger partial charge < -0.3 is 24.3 Å². The van der Waals surface area contributed by atoms with Crippen LogP contribution in [-0.4, -0.2) is 48.3 Å². The highest BCUT2D eigenvalue weighted by molar-refractivity contribution is 7.80. The maximum absolute atomic E-state index is 12.0. The molecular formula is C24H32N2O6S. The van der Waals surface area contributed by atoms with Gasteiger partial charge in [0.05, 0.1) is 7.11 Å². The molecule has 0 spiro atoms. The summed E-state index contributed by atoms with van der Waals surface area (Å²) in [6.45, 7) is 9.44. The summed E-state index contributed by atoms with van der Waals surface area (Å²) < 4.78 is 21.1. The Bertz CT molecular complexity index is 902. The molecule has 1 atom stereocenters. The number of benzene rings is 1. The first-order valence-electron chi connectivity index (χ1n) is 10.5. The van der Waals surface area contributed by atoms with Crippen molar-refractivity contribution in [3.8, 4) is 17.2 Å². The number of carbonyl (C=O) groups excluding carboxylic acids is 2. The molecule has 0 aliphatic rings. The zero-order chi connectivity index (χ0) is 24.8. The molecule has 0 saturated carbocycles. The SMILES string of the molecule is CC(C)C.COc1ccnc(C(=S)NCC(=O)OC[C@H](C)Oc2ccccc2)c1OC(C)=O. The molecule has 0 aliphatic heterocycles. The second kappa shape index (κ2) is 14.8. The molecule has 0 aliphatic carbocycles. The normalized spacial score (nSPS) is 10.9. The summed E-state index contributed by atoms with van der Waals surface area (Å²) in [5.74, 6) is 0.833. The average molecular weight is 477 g/mol. The largest absolute Gasteiger partial charge is 0.493 e. The second-order valence-electron chi connectivity index (χ2n) is 7.62. The van der Waals surface area contributed by atoms with Crippen molar-refractivity contribution in [1.82, 2.24) is 10.3 Å². The number of esters is 2. The first-order valence-corrected chi connectivity index (χ1v) is 10.9. The number of nitrogens with zero attached hydrogens (tertiary/aromatic N) is 1. The number of ether oxygens (including phenoxy) is 4. The lowest BCUT2D eigenvalue weighted by atomic mass is 10.3. The summed E-state index contributed by atoms with van der Waals surface area (Å²) in [4.78, 5) is 27.6. The van der Waals surface area contributed by atoms with E-state index in [0.29, 0.717) is 11.5 Å². The molecule has 9 heteroatoms. The van der Waals surface area contributed by atoms with Crippen LogP contribution in [0, 0.1) is 5.92 Å². The molecule has 0 saturated heterocycles. The fourth-order valence-electron chi connectivity index (χ4n) is 2.26. The number of hydrogen-bond acceptors (Lipinski definition) is 8. The third-order valence-corrected chi connectivity index (χ3v) is 3.84. The average Bonchev–Trinajstić information content (AvgIpc) is 2.76. The molecule has 0 fully saturated rings. The lowest BCUT2D eigenvalue weighted by Gasteiger charge is -2.16. The molecule has 2 rings (SSSR count). The first-order chi connectivity index (χ1) is 15.6. The predicted molar refractivity (Wildman–Crippen MR) is 130 cm³/mol. The zero-order valence-electron chi connectivity index (χ0n) is 19.9. The highest BCUT2D eigenvalue weighted by Gasteiger charge is 2.19. The van der Waals surface area contributed by atoms with Crippen molar-refractivity contribution in [1.29, 1.82) is 0 Å². The van der Waals surface area contributed by atoms with Crippen LogP contribution in [0.1, 0.15) is 40.3 Å². The number of thiocarbonyl (C=S) groups is 1. The lowest BCUT2D eigenvalue weighted by Crippen LogP contribution is -2.32. The van der Waals surface area contributed by atoms with E-state index in [1.54, 1.807) is 6.92 Å². The number of carbonyl (C=O) groups is 2. The highest BCUT2D eigenvalue weighted by atomic mass is 32.1. The van der Waals surface area contributed by atoms with Gasteiger partial charge >= 0.3 is 11.9 Å². The maximum atomic E-state index is 12.0. The first kappa shape index (κ1) is 27.8. The number of hydrogen-bond donors (Lipinski definition) is 1. The van der Waals surface area contributed by atoms with E-state index in [0.717, 1.165) is 5.92 Å². The van der Waals surface area contributed by atoms with Crippen molar-refractivity contribution in [2.75, 3.05) is 20.3 Å². The van der Waals surface area contributed by atoms with Gasteiger partial charge in [0.1, 0.15) is 35.7 Å². The number of nitrogens with one attached hydrogen (secondary N) is 1. The quantitative estimate of drug-likeness (QED) is 0.426. The van der Waals surface area contributed by atoms with Gasteiger partial charge in [-0.3, -0.25) is 9.59 Å². The van der Waals surface area contributed by atoms with Crippen molar-refractivity contribution in [3.05, 3.63) is 48.3 Å². The minimum absolute atomic E-state index is 0.0816. The van der Waals surface area contributed by atoms with E-state index in [1.165, 1.54) is 26.3 Å². The molecule has 0 unspecified atom stereocenters. The van der Waals surface area contributed by atoms with Gasteiger partial charge in [-0.1, -0.05) is 51.2 Å². The Kier molecular flexibility index (Phi) is 12.5. The summed E-state index contributed by atoms with van der Waals surface area (Å²) in [5.41, 5.74) is 0.183. The molecule has 0 radical (unpaired) electrons. The summed E-state index contributed by atoms with van der Waals surface area (Å²) in [6.07, 6.45) is 1.14. The Labute approximate surface area is 200 Å². The number of aromatic nitrogens is 1. The summed E-state index contributed by atoms with van der Waals surface area (Å²) >= 11 is 5.26. The smallest absolute Gasteiger partial charge is 0.325 e. The molecule has 1 heterocycles. The fourth-order valence-corrected chi connectivity index (χ4v) is 2.48. The molecule has 2 aromatic rings. The monoisotopic (exact) mass is 476 g/mol. The third-order valence-electron chi connectivity index (χ3n) is 3.50. The van der Waals surface area contributed by atoms with E-state index in [-0.39, 0.29) is 35.7 Å². The Morgan fingerprint density at radius 1 is 1.09 bits per heavy atom. The van der Waals surface area contributed by atoms with Crippen LogP contribution in [0.15, 0.2) is 42.6 Å². The summed E-state index contributed by atoms with van der Waals surface area (Å²) in [7, 11) is 1.43. The van der Waals surface area contributed by atoms with Gasteiger partial charge in [-0.15, -0.1) is 0 Å². The van der Waals surface area contributed by atoms with E-state index in [4.69, 9.17) is 31.2 Å². The van der Waals surface area contributed by atoms with Gasteiger partial charge in [-0.25, -0.2) is 4.98 Å². The van der Waals surface area contributed by atoms with E-state index >= 15 is 0 Å². The van der Waals surface area contributed by atoms with Gasteiger partial charge in [0, 0.05) is 19.2 Å². The Balaban J connectivity index is 0.00000125. The van der Waals surface area contributed by atoms with Gasteiger partial charge in [0.25, 0.3) is 0 Å². The van der Waals surface area contributed by atoms with E-state index < -0.39 is 11.9 Å². The molecule has 1 aromatic heterocycles. The van der Waals surface area contributed by atoms with E-state index in [2.05, 4.69) is 31.1 Å². The van der Waals surface area contributed by atoms with Crippen LogP contribution in [-0.2, 0) is 14.3 Å². The second-order valence-corrected chi connectivity index (χ2v) is 8.03. The van der Waals surface area contributed by atoms with Crippen molar-refractivity contribution < 1.29 is 28.5 Å². The number of para-hydroxylation sites is 1. The van der Waals surface area contributed by atoms with Crippen LogP contribution in [0.5, 0.6) is 17.2 Å². The van der Waals surface area contributed by atoms with Crippen LogP contribution >= 0.6 is 12.2 Å². The van der Waals surface area contributed by atoms with Crippen molar-refractivity contribution in [3.63, 3.8) is 0 Å². The van der Waals surface area contributed by atoms with Crippen molar-refractivity contribution >= 4 is 29.1 Å². The van der Waals surface area contributed by atoms with Crippen LogP contribution in [0.2, 0.25) is 0 Å². The number of rotatable bonds is 9. The zero-order valence-corrected chi connectivity index (χ0v) is 20.7. The molecule has 180 valence electrons. The van der Waals surface area contributed by atoms with Crippen LogP contribution in [0.3, 0.4) is 0 Å². The third kappa shape index (κ3) is 11.3. The van der Waals surface area contributed by atoms with E-state index in [9.17, 15) is 9.59 Å². The number of methoxy groups -OCH3 is 1. The Morgan fingerprint density at radius 2 is 1.73 bits per heavy atom. The molecule has 33 heavy (non-hydrogen) atoms. The fraction of sp³-hybridized carbons (Fsp3) is 0.417. The lowest BCUT2D eigenvalue weighted by molar-refractivity contribution is -0.144. The van der Waals surface area contributed by atoms with Crippen LogP contribution in [0.25, 0.3) is 0 Å². The van der Waals surface area contributed by atoms with Crippen LogP contribution < -0.4 is 19.5 Å². The highest BCUT2D eigenvalue weighted by Crippen LogP contribution is 2.29. The minimum Gasteiger partial charge on any atom is -0.493 e. The summed E-state index contributed by atoms with van der Waals surface area (Å²) in [6, 6.07) is 10.8. The Morgan fingerprint density at radius 3 is 2.30 bits per heavy atom. The molecule has 1 N–H and O–H groups in total. The molecule has 8 nitrogen and oxygen atoms in total. The number of pyridine rings is 1. The van der Waals surface area contributed by atoms with Crippen molar-refractivity contribution in [2.45, 2.75) is 40.7 Å². The standard InChI is InChI=1S/C20H22N2O6S.C4H10/c1-13(27-15-7-5-4-6-8-15)12-26-17(24)11-22-20(29)18-19(28-14(2)23)16(25-3)9-10-21-18;1-4(2)3/h4-10,13H,11-12H2,1-3H3,(H,22,29);4H,1-3H3/t13-;/m0./s1. The van der Waals surface area contributed by atoms with Crippen LogP contribution in [0.4, 0.5) is 0 Å².